The van der Waals surface area contributed by atoms with E-state index in [1.165, 1.54) is 5.57 Å². The number of fused-ring (bicyclic) bond motifs is 1. The third kappa shape index (κ3) is 4.05. The minimum atomic E-state index is -0.0823. The fourth-order valence-electron chi connectivity index (χ4n) is 4.49. The maximum Gasteiger partial charge on any atom is 0.256 e. The number of likely N-dealkylation sites (tertiary alicyclic amines) is 1. The molecule has 1 aromatic heterocycles. The molecule has 7 heteroatoms. The summed E-state index contributed by atoms with van der Waals surface area (Å²) in [5.41, 5.74) is 2.77. The zero-order valence-corrected chi connectivity index (χ0v) is 16.7. The fraction of sp³-hybridized carbons (Fsp3) is 0.667. The number of H-pyrrole nitrogens is 1. The van der Waals surface area contributed by atoms with Crippen molar-refractivity contribution >= 4 is 5.91 Å². The lowest BCUT2D eigenvalue weighted by Gasteiger charge is -2.30. The van der Waals surface area contributed by atoms with Gasteiger partial charge in [-0.3, -0.25) is 14.5 Å². The molecule has 0 aliphatic carbocycles. The summed E-state index contributed by atoms with van der Waals surface area (Å²) in [7, 11) is 0. The van der Waals surface area contributed by atoms with Crippen LogP contribution in [0.1, 0.15) is 62.2 Å². The molecule has 4 rings (SSSR count). The number of aromatic amines is 1. The lowest BCUT2D eigenvalue weighted by Crippen LogP contribution is -2.40. The third-order valence-corrected chi connectivity index (χ3v) is 5.97. The Morgan fingerprint density at radius 2 is 2.29 bits per heavy atom. The predicted octanol–water partition coefficient (Wildman–Crippen LogP) is 1.94. The van der Waals surface area contributed by atoms with Gasteiger partial charge in [-0.1, -0.05) is 13.0 Å². The molecule has 152 valence electrons. The molecular weight excluding hydrogens is 356 g/mol. The molecule has 3 aliphatic heterocycles. The second kappa shape index (κ2) is 8.57. The van der Waals surface area contributed by atoms with Crippen LogP contribution in [0.15, 0.2) is 16.4 Å². The van der Waals surface area contributed by atoms with E-state index in [1.807, 2.05) is 6.92 Å². The van der Waals surface area contributed by atoms with Crippen molar-refractivity contribution in [3.8, 4) is 0 Å². The number of nitrogens with one attached hydrogen (secondary N) is 1. The van der Waals surface area contributed by atoms with Crippen molar-refractivity contribution in [3.05, 3.63) is 39.1 Å². The van der Waals surface area contributed by atoms with Crippen LogP contribution >= 0.6 is 0 Å². The van der Waals surface area contributed by atoms with Gasteiger partial charge in [0.15, 0.2) is 0 Å². The lowest BCUT2D eigenvalue weighted by molar-refractivity contribution is -0.132. The summed E-state index contributed by atoms with van der Waals surface area (Å²) in [6.07, 6.45) is 7.41. The number of hydrogen-bond donors (Lipinski definition) is 1. The SMILES string of the molecule is CCCC(=O)N1CCc2nc([C@H]3CCCN3CC3=CCCOC3)[nH]c(=O)c2C1. The summed E-state index contributed by atoms with van der Waals surface area (Å²) in [6.45, 7) is 6.45. The van der Waals surface area contributed by atoms with E-state index in [-0.39, 0.29) is 17.5 Å². The van der Waals surface area contributed by atoms with Crippen LogP contribution in [0.3, 0.4) is 0 Å². The number of hydrogen-bond acceptors (Lipinski definition) is 5. The van der Waals surface area contributed by atoms with Crippen molar-refractivity contribution in [1.82, 2.24) is 19.8 Å². The first-order valence-corrected chi connectivity index (χ1v) is 10.5. The van der Waals surface area contributed by atoms with Gasteiger partial charge in [0, 0.05) is 25.9 Å². The van der Waals surface area contributed by atoms with Gasteiger partial charge in [0.2, 0.25) is 5.91 Å². The smallest absolute Gasteiger partial charge is 0.256 e. The van der Waals surface area contributed by atoms with Gasteiger partial charge in [0.05, 0.1) is 37.1 Å². The van der Waals surface area contributed by atoms with Crippen LogP contribution < -0.4 is 5.56 Å². The molecule has 0 radical (unpaired) electrons. The number of carbonyl (C=O) groups excluding carboxylic acids is 1. The first-order valence-electron chi connectivity index (χ1n) is 10.5. The lowest BCUT2D eigenvalue weighted by atomic mass is 10.1. The van der Waals surface area contributed by atoms with Crippen molar-refractivity contribution in [2.24, 2.45) is 0 Å². The molecule has 1 aromatic rings. The molecule has 0 aromatic carbocycles. The molecule has 3 aliphatic rings. The quantitative estimate of drug-likeness (QED) is 0.783. The van der Waals surface area contributed by atoms with Gasteiger partial charge in [-0.05, 0) is 37.8 Å². The molecule has 7 nitrogen and oxygen atoms in total. The molecule has 4 heterocycles. The topological polar surface area (TPSA) is 78.5 Å². The molecule has 1 amide bonds. The first-order chi connectivity index (χ1) is 13.7. The van der Waals surface area contributed by atoms with E-state index in [0.29, 0.717) is 38.1 Å². The van der Waals surface area contributed by atoms with Gasteiger partial charge >= 0.3 is 0 Å². The average Bonchev–Trinajstić information content (AvgIpc) is 3.17. The van der Waals surface area contributed by atoms with Gasteiger partial charge in [0.25, 0.3) is 5.56 Å². The highest BCUT2D eigenvalue weighted by molar-refractivity contribution is 5.76. The number of rotatable bonds is 5. The fourth-order valence-corrected chi connectivity index (χ4v) is 4.49. The molecule has 1 saturated heterocycles. The molecule has 0 unspecified atom stereocenters. The molecule has 1 fully saturated rings. The van der Waals surface area contributed by atoms with E-state index in [1.54, 1.807) is 4.90 Å². The van der Waals surface area contributed by atoms with Gasteiger partial charge in [0.1, 0.15) is 5.82 Å². The largest absolute Gasteiger partial charge is 0.377 e. The minimum absolute atomic E-state index is 0.0823. The Bertz CT molecular complexity index is 816. The Hall–Kier alpha value is -1.99. The molecule has 0 bridgehead atoms. The van der Waals surface area contributed by atoms with Crippen LogP contribution in [0.25, 0.3) is 0 Å². The predicted molar refractivity (Wildman–Crippen MR) is 106 cm³/mol. The number of nitrogens with zero attached hydrogens (tertiary/aromatic N) is 3. The summed E-state index contributed by atoms with van der Waals surface area (Å²) < 4.78 is 5.57. The molecule has 28 heavy (non-hydrogen) atoms. The molecule has 0 saturated carbocycles. The van der Waals surface area contributed by atoms with E-state index in [0.717, 1.165) is 56.9 Å². The van der Waals surface area contributed by atoms with E-state index in [9.17, 15) is 9.59 Å². The van der Waals surface area contributed by atoms with Gasteiger partial charge < -0.3 is 14.6 Å². The van der Waals surface area contributed by atoms with Crippen LogP contribution in [0.5, 0.6) is 0 Å². The zero-order valence-electron chi connectivity index (χ0n) is 16.7. The Morgan fingerprint density at radius 3 is 3.07 bits per heavy atom. The highest BCUT2D eigenvalue weighted by Gasteiger charge is 2.31. The minimum Gasteiger partial charge on any atom is -0.377 e. The maximum atomic E-state index is 12.8. The summed E-state index contributed by atoms with van der Waals surface area (Å²) in [5, 5.41) is 0. The third-order valence-electron chi connectivity index (χ3n) is 5.97. The Labute approximate surface area is 165 Å². The summed E-state index contributed by atoms with van der Waals surface area (Å²) in [5.74, 6) is 0.911. The summed E-state index contributed by atoms with van der Waals surface area (Å²) >= 11 is 0. The van der Waals surface area contributed by atoms with Gasteiger partial charge in [-0.25, -0.2) is 4.98 Å². The van der Waals surface area contributed by atoms with Crippen molar-refractivity contribution < 1.29 is 9.53 Å². The normalized spacial score (nSPS) is 22.8. The number of amides is 1. The second-order valence-electron chi connectivity index (χ2n) is 8.02. The van der Waals surface area contributed by atoms with E-state index < -0.39 is 0 Å². The summed E-state index contributed by atoms with van der Waals surface area (Å²) in [6, 6.07) is 0.153. The second-order valence-corrected chi connectivity index (χ2v) is 8.02. The number of carbonyl (C=O) groups is 1. The number of aromatic nitrogens is 2. The van der Waals surface area contributed by atoms with Gasteiger partial charge in [-0.2, -0.15) is 0 Å². The van der Waals surface area contributed by atoms with Crippen LogP contribution in [-0.4, -0.2) is 58.5 Å². The monoisotopic (exact) mass is 386 g/mol. The standard InChI is InChI=1S/C21H30N4O3/c1-2-5-19(26)25-10-8-17-16(13-25)21(27)23-20(22-17)18-7-3-9-24(18)12-15-6-4-11-28-14-15/h6,18H,2-5,7-14H2,1H3,(H,22,23,27)/t18-/m1/s1. The molecule has 0 spiro atoms. The maximum absolute atomic E-state index is 12.8. The van der Waals surface area contributed by atoms with Crippen LogP contribution in [0, 0.1) is 0 Å². The highest BCUT2D eigenvalue weighted by atomic mass is 16.5. The number of ether oxygens (including phenoxy) is 1. The van der Waals surface area contributed by atoms with Crippen molar-refractivity contribution in [3.63, 3.8) is 0 Å². The van der Waals surface area contributed by atoms with E-state index in [4.69, 9.17) is 9.72 Å². The zero-order chi connectivity index (χ0) is 19.5. The molecular formula is C21H30N4O3. The highest BCUT2D eigenvalue weighted by Crippen LogP contribution is 2.31. The van der Waals surface area contributed by atoms with Crippen LogP contribution in [-0.2, 0) is 22.5 Å². The van der Waals surface area contributed by atoms with Crippen LogP contribution in [0.2, 0.25) is 0 Å². The van der Waals surface area contributed by atoms with E-state index in [2.05, 4.69) is 16.0 Å². The van der Waals surface area contributed by atoms with Crippen LogP contribution in [0.4, 0.5) is 0 Å². The van der Waals surface area contributed by atoms with E-state index >= 15 is 0 Å². The van der Waals surface area contributed by atoms with Crippen molar-refractivity contribution in [2.45, 2.75) is 58.0 Å². The average molecular weight is 386 g/mol. The Morgan fingerprint density at radius 1 is 1.39 bits per heavy atom. The Kier molecular flexibility index (Phi) is 5.92. The molecule has 1 atom stereocenters. The van der Waals surface area contributed by atoms with Crippen molar-refractivity contribution in [1.29, 1.82) is 0 Å². The Balaban J connectivity index is 1.52. The van der Waals surface area contributed by atoms with Gasteiger partial charge in [-0.15, -0.1) is 0 Å². The summed E-state index contributed by atoms with van der Waals surface area (Å²) in [4.78, 5) is 37.1. The molecule has 1 N–H and O–H groups in total. The van der Waals surface area contributed by atoms with Crippen molar-refractivity contribution in [2.75, 3.05) is 32.8 Å². The first kappa shape index (κ1) is 19.3.